The van der Waals surface area contributed by atoms with Gasteiger partial charge in [-0.3, -0.25) is 9.00 Å². The zero-order valence-corrected chi connectivity index (χ0v) is 16.1. The van der Waals surface area contributed by atoms with E-state index < -0.39 is 10.8 Å². The molecule has 6 heteroatoms. The number of amides is 1. The molecule has 0 saturated heterocycles. The Hall–Kier alpha value is -1.92. The minimum atomic E-state index is -1.03. The first-order valence-electron chi connectivity index (χ1n) is 8.05. The Morgan fingerprint density at radius 3 is 2.68 bits per heavy atom. The van der Waals surface area contributed by atoms with E-state index in [0.717, 1.165) is 21.3 Å². The summed E-state index contributed by atoms with van der Waals surface area (Å²) < 4.78 is 12.5. The first-order chi connectivity index (χ1) is 12.0. The van der Waals surface area contributed by atoms with Gasteiger partial charge >= 0.3 is 0 Å². The SMILES string of the molecule is C[S@](=O)c1ccc(C(=O)N2CCc3[nH]c4c(Br)cccc4c3C2)cc1. The number of benzene rings is 2. The highest BCUT2D eigenvalue weighted by molar-refractivity contribution is 9.10. The van der Waals surface area contributed by atoms with E-state index in [0.29, 0.717) is 18.7 Å². The number of H-pyrrole nitrogens is 1. The van der Waals surface area contributed by atoms with Crippen molar-refractivity contribution in [3.63, 3.8) is 0 Å². The second kappa shape index (κ2) is 6.42. The maximum absolute atomic E-state index is 12.8. The van der Waals surface area contributed by atoms with Crippen LogP contribution >= 0.6 is 15.9 Å². The number of hydrogen-bond donors (Lipinski definition) is 1. The van der Waals surface area contributed by atoms with Gasteiger partial charge in [0.15, 0.2) is 0 Å². The molecule has 1 aliphatic rings. The number of para-hydroxylation sites is 1. The Morgan fingerprint density at radius 1 is 1.20 bits per heavy atom. The van der Waals surface area contributed by atoms with E-state index in [1.54, 1.807) is 30.5 Å². The van der Waals surface area contributed by atoms with Crippen molar-refractivity contribution in [2.24, 2.45) is 0 Å². The molecule has 0 fully saturated rings. The first-order valence-corrected chi connectivity index (χ1v) is 10.4. The second-order valence-electron chi connectivity index (χ2n) is 6.20. The quantitative estimate of drug-likeness (QED) is 0.689. The predicted octanol–water partition coefficient (Wildman–Crippen LogP) is 3.87. The number of halogens is 1. The van der Waals surface area contributed by atoms with Crippen LogP contribution in [0.15, 0.2) is 51.8 Å². The number of rotatable bonds is 2. The zero-order chi connectivity index (χ0) is 17.6. The lowest BCUT2D eigenvalue weighted by Gasteiger charge is -2.27. The number of nitrogens with zero attached hydrogens (tertiary/aromatic N) is 1. The topological polar surface area (TPSA) is 53.2 Å². The second-order valence-corrected chi connectivity index (χ2v) is 8.43. The molecule has 1 aliphatic heterocycles. The lowest BCUT2D eigenvalue weighted by molar-refractivity contribution is 0.0735. The monoisotopic (exact) mass is 416 g/mol. The van der Waals surface area contributed by atoms with E-state index in [4.69, 9.17) is 0 Å². The van der Waals surface area contributed by atoms with Gasteiger partial charge in [-0.25, -0.2) is 0 Å². The van der Waals surface area contributed by atoms with Gasteiger partial charge in [-0.2, -0.15) is 0 Å². The third-order valence-electron chi connectivity index (χ3n) is 4.68. The van der Waals surface area contributed by atoms with E-state index in [2.05, 4.69) is 27.0 Å². The Bertz CT molecular complexity index is 995. The smallest absolute Gasteiger partial charge is 0.254 e. The molecule has 1 aromatic heterocycles. The molecule has 128 valence electrons. The highest BCUT2D eigenvalue weighted by atomic mass is 79.9. The van der Waals surface area contributed by atoms with Crippen LogP contribution in [-0.4, -0.2) is 32.8 Å². The van der Waals surface area contributed by atoms with Gasteiger partial charge in [0.05, 0.1) is 5.52 Å². The molecule has 25 heavy (non-hydrogen) atoms. The Labute approximate surface area is 156 Å². The van der Waals surface area contributed by atoms with Crippen molar-refractivity contribution in [2.75, 3.05) is 12.8 Å². The summed E-state index contributed by atoms with van der Waals surface area (Å²) in [7, 11) is -1.03. The minimum absolute atomic E-state index is 0.0171. The van der Waals surface area contributed by atoms with E-state index in [1.165, 1.54) is 16.6 Å². The van der Waals surface area contributed by atoms with Gasteiger partial charge in [-0.05, 0) is 46.3 Å². The highest BCUT2D eigenvalue weighted by Gasteiger charge is 2.25. The van der Waals surface area contributed by atoms with Crippen molar-refractivity contribution in [3.05, 3.63) is 63.8 Å². The maximum atomic E-state index is 12.8. The van der Waals surface area contributed by atoms with E-state index in [9.17, 15) is 9.00 Å². The van der Waals surface area contributed by atoms with Crippen LogP contribution in [0.5, 0.6) is 0 Å². The van der Waals surface area contributed by atoms with E-state index >= 15 is 0 Å². The van der Waals surface area contributed by atoms with Crippen molar-refractivity contribution in [1.82, 2.24) is 9.88 Å². The largest absolute Gasteiger partial charge is 0.357 e. The highest BCUT2D eigenvalue weighted by Crippen LogP contribution is 2.32. The van der Waals surface area contributed by atoms with Gasteiger partial charge in [0, 0.05) is 68.1 Å². The number of carbonyl (C=O) groups is 1. The first kappa shape index (κ1) is 16.5. The number of nitrogens with one attached hydrogen (secondary N) is 1. The average molecular weight is 417 g/mol. The van der Waals surface area contributed by atoms with Crippen LogP contribution in [0.2, 0.25) is 0 Å². The van der Waals surface area contributed by atoms with Gasteiger partial charge in [0.1, 0.15) is 0 Å². The van der Waals surface area contributed by atoms with E-state index in [1.807, 2.05) is 17.0 Å². The van der Waals surface area contributed by atoms with Crippen LogP contribution in [0.4, 0.5) is 0 Å². The number of carbonyl (C=O) groups excluding carboxylic acids is 1. The molecule has 1 atom stereocenters. The Kier molecular flexibility index (Phi) is 4.25. The summed E-state index contributed by atoms with van der Waals surface area (Å²) in [6, 6.07) is 13.2. The van der Waals surface area contributed by atoms with Crippen LogP contribution in [0.25, 0.3) is 10.9 Å². The standard InChI is InChI=1S/C19H17BrN2O2S/c1-25(24)13-7-5-12(6-8-13)19(23)22-10-9-17-15(11-22)14-3-2-4-16(20)18(14)21-17/h2-8,21H,9-11H2,1H3/t25-/m0/s1. The molecule has 0 unspecified atom stereocenters. The normalized spacial score (nSPS) is 15.2. The molecule has 0 bridgehead atoms. The summed E-state index contributed by atoms with van der Waals surface area (Å²) in [4.78, 5) is 18.9. The molecule has 0 aliphatic carbocycles. The maximum Gasteiger partial charge on any atom is 0.254 e. The van der Waals surface area contributed by atoms with Gasteiger partial charge in [0.2, 0.25) is 0 Å². The lowest BCUT2D eigenvalue weighted by Crippen LogP contribution is -2.35. The van der Waals surface area contributed by atoms with Crippen LogP contribution < -0.4 is 0 Å². The molecule has 0 saturated carbocycles. The molecule has 1 N–H and O–H groups in total. The lowest BCUT2D eigenvalue weighted by atomic mass is 10.0. The van der Waals surface area contributed by atoms with Crippen molar-refractivity contribution in [3.8, 4) is 0 Å². The van der Waals surface area contributed by atoms with Crippen LogP contribution in [0, 0.1) is 0 Å². The Balaban J connectivity index is 1.63. The molecule has 2 aromatic carbocycles. The van der Waals surface area contributed by atoms with Crippen molar-refractivity contribution >= 4 is 43.5 Å². The number of aromatic nitrogens is 1. The molecule has 4 rings (SSSR count). The van der Waals surface area contributed by atoms with Crippen LogP contribution in [0.1, 0.15) is 21.6 Å². The van der Waals surface area contributed by atoms with E-state index in [-0.39, 0.29) is 5.91 Å². The molecule has 3 aromatic rings. The molecular formula is C19H17BrN2O2S. The fourth-order valence-electron chi connectivity index (χ4n) is 3.35. The number of aromatic amines is 1. The van der Waals surface area contributed by atoms with Gasteiger partial charge in [-0.1, -0.05) is 12.1 Å². The summed E-state index contributed by atoms with van der Waals surface area (Å²) >= 11 is 3.59. The Morgan fingerprint density at radius 2 is 1.96 bits per heavy atom. The number of fused-ring (bicyclic) bond motifs is 3. The van der Waals surface area contributed by atoms with Crippen LogP contribution in [-0.2, 0) is 23.8 Å². The molecule has 0 radical (unpaired) electrons. The molecule has 4 nitrogen and oxygen atoms in total. The average Bonchev–Trinajstić information content (AvgIpc) is 3.00. The number of hydrogen-bond acceptors (Lipinski definition) is 2. The third-order valence-corrected chi connectivity index (χ3v) is 6.28. The van der Waals surface area contributed by atoms with Crippen LogP contribution in [0.3, 0.4) is 0 Å². The zero-order valence-electron chi connectivity index (χ0n) is 13.7. The van der Waals surface area contributed by atoms with Crippen molar-refractivity contribution in [1.29, 1.82) is 0 Å². The van der Waals surface area contributed by atoms with Gasteiger partial charge in [0.25, 0.3) is 5.91 Å². The summed E-state index contributed by atoms with van der Waals surface area (Å²) in [6.45, 7) is 1.30. The molecular weight excluding hydrogens is 400 g/mol. The third kappa shape index (κ3) is 2.93. The van der Waals surface area contributed by atoms with Crippen molar-refractivity contribution < 1.29 is 9.00 Å². The van der Waals surface area contributed by atoms with Crippen molar-refractivity contribution in [2.45, 2.75) is 17.9 Å². The summed E-state index contributed by atoms with van der Waals surface area (Å²) in [5, 5.41) is 1.17. The summed E-state index contributed by atoms with van der Waals surface area (Å²) in [5.74, 6) is 0.0171. The summed E-state index contributed by atoms with van der Waals surface area (Å²) in [5.41, 5.74) is 4.14. The molecule has 0 spiro atoms. The molecule has 2 heterocycles. The molecule has 1 amide bonds. The van der Waals surface area contributed by atoms with Gasteiger partial charge in [-0.15, -0.1) is 0 Å². The fraction of sp³-hybridized carbons (Fsp3) is 0.211. The summed E-state index contributed by atoms with van der Waals surface area (Å²) in [6.07, 6.45) is 2.46. The fourth-order valence-corrected chi connectivity index (χ4v) is 4.33. The van der Waals surface area contributed by atoms with Gasteiger partial charge < -0.3 is 9.88 Å². The minimum Gasteiger partial charge on any atom is -0.357 e. The predicted molar refractivity (Wildman–Crippen MR) is 103 cm³/mol.